The fourth-order valence-corrected chi connectivity index (χ4v) is 5.00. The number of imidazole rings is 1. The smallest absolute Gasteiger partial charge is 0.251 e. The van der Waals surface area contributed by atoms with Gasteiger partial charge in [0, 0.05) is 12.1 Å². The number of amides is 1. The monoisotopic (exact) mass is 467 g/mol. The minimum absolute atomic E-state index is 0.207. The number of fused-ring (bicyclic) bond motifs is 1. The van der Waals surface area contributed by atoms with Gasteiger partial charge in [-0.1, -0.05) is 54.6 Å². The van der Waals surface area contributed by atoms with Crippen LogP contribution in [0.4, 0.5) is 0 Å². The van der Waals surface area contributed by atoms with Crippen molar-refractivity contribution in [2.75, 3.05) is 0 Å². The fourth-order valence-electron chi connectivity index (χ4n) is 3.74. The van der Waals surface area contributed by atoms with Crippen LogP contribution >= 0.6 is 0 Å². The molecule has 1 heterocycles. The average molecular weight is 468 g/mol. The van der Waals surface area contributed by atoms with E-state index >= 15 is 0 Å². The molecule has 0 fully saturated rings. The van der Waals surface area contributed by atoms with Crippen molar-refractivity contribution in [1.82, 2.24) is 15.3 Å². The first kappa shape index (κ1) is 21.6. The summed E-state index contributed by atoms with van der Waals surface area (Å²) < 4.78 is 26.1. The molecule has 34 heavy (non-hydrogen) atoms. The molecular formula is C27H21N3O3S. The highest BCUT2D eigenvalue weighted by Crippen LogP contribution is 2.25. The lowest BCUT2D eigenvalue weighted by Crippen LogP contribution is -2.22. The summed E-state index contributed by atoms with van der Waals surface area (Å²) in [6.45, 7) is 0.281. The zero-order valence-electron chi connectivity index (χ0n) is 18.1. The highest BCUT2D eigenvalue weighted by Gasteiger charge is 2.17. The Hall–Kier alpha value is -4.23. The molecule has 2 N–H and O–H groups in total. The Kier molecular flexibility index (Phi) is 5.69. The quantitative estimate of drug-likeness (QED) is 0.368. The van der Waals surface area contributed by atoms with E-state index in [4.69, 9.17) is 0 Å². The molecule has 0 aliphatic rings. The summed E-state index contributed by atoms with van der Waals surface area (Å²) >= 11 is 0. The third-order valence-electron chi connectivity index (χ3n) is 5.64. The summed E-state index contributed by atoms with van der Waals surface area (Å²) in [6.07, 6.45) is 1.58. The van der Waals surface area contributed by atoms with E-state index in [1.807, 2.05) is 48.5 Å². The van der Waals surface area contributed by atoms with Gasteiger partial charge in [-0.05, 0) is 59.2 Å². The minimum atomic E-state index is -3.64. The van der Waals surface area contributed by atoms with Gasteiger partial charge in [-0.15, -0.1) is 0 Å². The first-order valence-corrected chi connectivity index (χ1v) is 12.2. The molecule has 0 atom stereocenters. The second-order valence-corrected chi connectivity index (χ2v) is 9.80. The van der Waals surface area contributed by atoms with Crippen LogP contribution in [0.5, 0.6) is 0 Å². The van der Waals surface area contributed by atoms with Crippen LogP contribution in [0.15, 0.2) is 113 Å². The number of H-pyrrole nitrogens is 1. The van der Waals surface area contributed by atoms with Crippen molar-refractivity contribution in [1.29, 1.82) is 0 Å². The van der Waals surface area contributed by atoms with Gasteiger partial charge >= 0.3 is 0 Å². The summed E-state index contributed by atoms with van der Waals surface area (Å²) in [5, 5.41) is 2.86. The van der Waals surface area contributed by atoms with Crippen LogP contribution in [0.3, 0.4) is 0 Å². The molecule has 5 aromatic rings. The first-order chi connectivity index (χ1) is 16.5. The van der Waals surface area contributed by atoms with Gasteiger partial charge < -0.3 is 10.3 Å². The Morgan fingerprint density at radius 2 is 1.44 bits per heavy atom. The predicted molar refractivity (Wildman–Crippen MR) is 131 cm³/mol. The molecule has 7 heteroatoms. The first-order valence-electron chi connectivity index (χ1n) is 10.7. The lowest BCUT2D eigenvalue weighted by molar-refractivity contribution is 0.0951. The topological polar surface area (TPSA) is 91.9 Å². The predicted octanol–water partition coefficient (Wildman–Crippen LogP) is 4.99. The Morgan fingerprint density at radius 3 is 2.15 bits per heavy atom. The van der Waals surface area contributed by atoms with Crippen molar-refractivity contribution in [3.05, 3.63) is 115 Å². The van der Waals surface area contributed by atoms with E-state index in [0.29, 0.717) is 5.56 Å². The van der Waals surface area contributed by atoms with Crippen LogP contribution in [0.2, 0.25) is 0 Å². The van der Waals surface area contributed by atoms with E-state index in [9.17, 15) is 13.2 Å². The minimum Gasteiger partial charge on any atom is -0.348 e. The number of benzene rings is 4. The highest BCUT2D eigenvalue weighted by molar-refractivity contribution is 7.91. The molecular weight excluding hydrogens is 446 g/mol. The van der Waals surface area contributed by atoms with Crippen LogP contribution in [0.1, 0.15) is 15.9 Å². The van der Waals surface area contributed by atoms with E-state index in [-0.39, 0.29) is 22.2 Å². The van der Waals surface area contributed by atoms with Gasteiger partial charge in [0.15, 0.2) is 0 Å². The number of aromatic amines is 1. The second-order valence-electron chi connectivity index (χ2n) is 7.85. The van der Waals surface area contributed by atoms with Crippen molar-refractivity contribution in [3.63, 3.8) is 0 Å². The Morgan fingerprint density at radius 1 is 0.794 bits per heavy atom. The summed E-state index contributed by atoms with van der Waals surface area (Å²) in [5.41, 5.74) is 4.88. The molecule has 1 aromatic heterocycles. The van der Waals surface area contributed by atoms with E-state index in [1.165, 1.54) is 0 Å². The normalized spacial score (nSPS) is 11.4. The summed E-state index contributed by atoms with van der Waals surface area (Å²) in [4.78, 5) is 20.1. The molecule has 5 rings (SSSR count). The molecule has 0 spiro atoms. The molecule has 0 unspecified atom stereocenters. The van der Waals surface area contributed by atoms with Gasteiger partial charge in [0.05, 0.1) is 27.2 Å². The van der Waals surface area contributed by atoms with E-state index in [0.717, 1.165) is 27.7 Å². The third kappa shape index (κ3) is 4.33. The van der Waals surface area contributed by atoms with Crippen LogP contribution in [0, 0.1) is 0 Å². The third-order valence-corrected chi connectivity index (χ3v) is 7.43. The Bertz CT molecular complexity index is 1560. The number of carbonyl (C=O) groups excluding carboxylic acids is 1. The number of nitrogens with zero attached hydrogens (tertiary/aromatic N) is 1. The van der Waals surface area contributed by atoms with E-state index in [2.05, 4.69) is 15.3 Å². The summed E-state index contributed by atoms with van der Waals surface area (Å²) in [5.74, 6) is -0.222. The maximum atomic E-state index is 13.1. The SMILES string of the molecule is O=C(NCc1ccc(S(=O)(=O)c2ccc(-c3ccccc3)cc2)cc1)c1ccc2[nH]cnc2c1. The van der Waals surface area contributed by atoms with Gasteiger partial charge in [0.2, 0.25) is 9.84 Å². The molecule has 0 bridgehead atoms. The van der Waals surface area contributed by atoms with Crippen LogP contribution in [-0.4, -0.2) is 24.3 Å². The lowest BCUT2D eigenvalue weighted by atomic mass is 10.1. The van der Waals surface area contributed by atoms with Crippen molar-refractivity contribution in [3.8, 4) is 11.1 Å². The van der Waals surface area contributed by atoms with Crippen LogP contribution in [0.25, 0.3) is 22.2 Å². The zero-order chi connectivity index (χ0) is 23.5. The second kappa shape index (κ2) is 8.96. The number of nitrogens with one attached hydrogen (secondary N) is 2. The fraction of sp³-hybridized carbons (Fsp3) is 0.0370. The highest BCUT2D eigenvalue weighted by atomic mass is 32.2. The maximum absolute atomic E-state index is 13.1. The molecule has 0 saturated carbocycles. The molecule has 0 saturated heterocycles. The van der Waals surface area contributed by atoms with Gasteiger partial charge in [-0.25, -0.2) is 13.4 Å². The number of carbonyl (C=O) groups is 1. The molecule has 6 nitrogen and oxygen atoms in total. The van der Waals surface area contributed by atoms with Crippen molar-refractivity contribution in [2.45, 2.75) is 16.3 Å². The molecule has 0 radical (unpaired) electrons. The standard InChI is InChI=1S/C27H21N3O3S/c31-27(22-10-15-25-26(16-22)30-18-29-25)28-17-19-6-11-23(12-7-19)34(32,33)24-13-8-21(9-14-24)20-4-2-1-3-5-20/h1-16,18H,17H2,(H,28,31)(H,29,30). The van der Waals surface area contributed by atoms with Crippen molar-refractivity contribution >= 4 is 26.8 Å². The molecule has 4 aromatic carbocycles. The number of aromatic nitrogens is 2. The summed E-state index contributed by atoms with van der Waals surface area (Å²) in [6, 6.07) is 28.5. The average Bonchev–Trinajstić information content (AvgIpc) is 3.36. The molecule has 0 aliphatic carbocycles. The number of hydrogen-bond acceptors (Lipinski definition) is 4. The van der Waals surface area contributed by atoms with Crippen molar-refractivity contribution in [2.24, 2.45) is 0 Å². The van der Waals surface area contributed by atoms with Crippen molar-refractivity contribution < 1.29 is 13.2 Å². The summed E-state index contributed by atoms with van der Waals surface area (Å²) in [7, 11) is -3.64. The van der Waals surface area contributed by atoms with Crippen LogP contribution < -0.4 is 5.32 Å². The van der Waals surface area contributed by atoms with E-state index < -0.39 is 9.84 Å². The van der Waals surface area contributed by atoms with E-state index in [1.54, 1.807) is 54.9 Å². The number of rotatable bonds is 6. The van der Waals surface area contributed by atoms with Gasteiger partial charge in [-0.3, -0.25) is 4.79 Å². The molecule has 0 aliphatic heterocycles. The number of sulfone groups is 1. The molecule has 168 valence electrons. The van der Waals surface area contributed by atoms with Gasteiger partial charge in [-0.2, -0.15) is 0 Å². The molecule has 1 amide bonds. The Labute approximate surface area is 197 Å². The Balaban J connectivity index is 1.27. The lowest BCUT2D eigenvalue weighted by Gasteiger charge is -2.09. The van der Waals surface area contributed by atoms with Crippen LogP contribution in [-0.2, 0) is 16.4 Å². The zero-order valence-corrected chi connectivity index (χ0v) is 18.9. The maximum Gasteiger partial charge on any atom is 0.251 e. The number of hydrogen-bond donors (Lipinski definition) is 2. The van der Waals surface area contributed by atoms with Gasteiger partial charge in [0.1, 0.15) is 0 Å². The largest absolute Gasteiger partial charge is 0.348 e. The van der Waals surface area contributed by atoms with Gasteiger partial charge in [0.25, 0.3) is 5.91 Å².